The number of fused-ring (bicyclic) bond motifs is 4. The predicted molar refractivity (Wildman–Crippen MR) is 139 cm³/mol. The van der Waals surface area contributed by atoms with Crippen LogP contribution in [0.15, 0.2) is 89.7 Å². The smallest absolute Gasteiger partial charge is 0.326 e. The first-order valence-corrected chi connectivity index (χ1v) is 12.3. The number of rotatable bonds is 2. The van der Waals surface area contributed by atoms with Gasteiger partial charge in [-0.05, 0) is 60.2 Å². The summed E-state index contributed by atoms with van der Waals surface area (Å²) in [4.78, 5) is 30.7. The highest BCUT2D eigenvalue weighted by atomic mass is 16.5. The summed E-state index contributed by atoms with van der Waals surface area (Å²) in [6.07, 6.45) is 4.80. The molecule has 37 heavy (non-hydrogen) atoms. The van der Waals surface area contributed by atoms with Crippen molar-refractivity contribution >= 4 is 11.9 Å². The van der Waals surface area contributed by atoms with Gasteiger partial charge in [0.25, 0.3) is 5.91 Å². The van der Waals surface area contributed by atoms with Gasteiger partial charge in [-0.3, -0.25) is 9.59 Å². The van der Waals surface area contributed by atoms with Crippen molar-refractivity contribution in [1.29, 1.82) is 0 Å². The van der Waals surface area contributed by atoms with Gasteiger partial charge in [0.05, 0.1) is 12.2 Å². The van der Waals surface area contributed by atoms with E-state index < -0.39 is 11.5 Å². The molecular formula is C30H29N3O4. The molecule has 4 bridgehead atoms. The number of ether oxygens (including phenoxy) is 1. The van der Waals surface area contributed by atoms with E-state index in [0.717, 1.165) is 23.1 Å². The Hall–Kier alpha value is -4.23. The number of carbonyl (C=O) groups excluding carboxylic acids is 2. The highest BCUT2D eigenvalue weighted by Gasteiger charge is 2.31. The van der Waals surface area contributed by atoms with Crippen molar-refractivity contribution in [2.45, 2.75) is 44.4 Å². The number of cyclic esters (lactones) is 1. The van der Waals surface area contributed by atoms with Gasteiger partial charge in [-0.1, -0.05) is 54.6 Å². The SMILES string of the molecule is CC1(N)Cc2cccc(c2)CCC(c2ccccc2)NC(=O)c2cc(cc(-c3ncco3)c2)COC1=O. The number of nitrogens with two attached hydrogens (primary N) is 1. The van der Waals surface area contributed by atoms with Crippen molar-refractivity contribution in [1.82, 2.24) is 10.3 Å². The van der Waals surface area contributed by atoms with Gasteiger partial charge >= 0.3 is 5.97 Å². The van der Waals surface area contributed by atoms with Crippen LogP contribution in [0.4, 0.5) is 0 Å². The van der Waals surface area contributed by atoms with Crippen molar-refractivity contribution < 1.29 is 18.7 Å². The Morgan fingerprint density at radius 1 is 0.946 bits per heavy atom. The minimum atomic E-state index is -1.21. The normalized spacial score (nSPS) is 20.6. The molecule has 0 saturated carbocycles. The standard InChI is InChI=1S/C30H29N3O4/c1-30(31)18-21-7-5-6-20(14-21)10-11-26(23-8-3-2-4-9-23)33-27(34)24-15-22(19-37-29(30)35)16-25(17-24)28-32-12-13-36-28/h2-9,12-17,26H,10-11,18-19,31H2,1H3,(H,33,34). The molecule has 188 valence electrons. The lowest BCUT2D eigenvalue weighted by Gasteiger charge is -2.24. The quantitative estimate of drug-likeness (QED) is 0.388. The zero-order chi connectivity index (χ0) is 25.8. The average molecular weight is 496 g/mol. The Morgan fingerprint density at radius 2 is 1.73 bits per heavy atom. The topological polar surface area (TPSA) is 107 Å². The van der Waals surface area contributed by atoms with Gasteiger partial charge in [0.1, 0.15) is 18.4 Å². The summed E-state index contributed by atoms with van der Waals surface area (Å²) >= 11 is 0. The third-order valence-electron chi connectivity index (χ3n) is 6.56. The zero-order valence-electron chi connectivity index (χ0n) is 20.6. The summed E-state index contributed by atoms with van der Waals surface area (Å²) in [5.74, 6) is -0.376. The number of nitrogens with one attached hydrogen (secondary N) is 1. The van der Waals surface area contributed by atoms with Crippen LogP contribution in [0, 0.1) is 0 Å². The van der Waals surface area contributed by atoms with Crippen LogP contribution < -0.4 is 11.1 Å². The number of hydrogen-bond acceptors (Lipinski definition) is 6. The van der Waals surface area contributed by atoms with E-state index in [1.54, 1.807) is 31.3 Å². The molecular weight excluding hydrogens is 466 g/mol. The summed E-state index contributed by atoms with van der Waals surface area (Å²) in [6.45, 7) is 1.64. The Kier molecular flexibility index (Phi) is 6.88. The average Bonchev–Trinajstić information content (AvgIpc) is 3.44. The number of esters is 1. The third-order valence-corrected chi connectivity index (χ3v) is 6.56. The third kappa shape index (κ3) is 5.78. The van der Waals surface area contributed by atoms with E-state index in [1.807, 2.05) is 42.5 Å². The molecule has 1 aliphatic rings. The lowest BCUT2D eigenvalue weighted by Crippen LogP contribution is -2.48. The second kappa shape index (κ2) is 10.4. The molecule has 1 amide bonds. The molecule has 1 aromatic heterocycles. The number of aryl methyl sites for hydroxylation is 1. The Morgan fingerprint density at radius 3 is 2.51 bits per heavy atom. The highest BCUT2D eigenvalue weighted by molar-refractivity contribution is 5.95. The second-order valence-electron chi connectivity index (χ2n) is 9.72. The van der Waals surface area contributed by atoms with Gasteiger partial charge in [0, 0.05) is 17.5 Å². The van der Waals surface area contributed by atoms with Gasteiger partial charge < -0.3 is 20.2 Å². The summed E-state index contributed by atoms with van der Waals surface area (Å²) in [6, 6.07) is 23.1. The van der Waals surface area contributed by atoms with Crippen LogP contribution in [0.5, 0.6) is 0 Å². The first-order valence-electron chi connectivity index (χ1n) is 12.3. The number of amides is 1. The van der Waals surface area contributed by atoms with E-state index in [-0.39, 0.29) is 18.6 Å². The lowest BCUT2D eigenvalue weighted by molar-refractivity contribution is -0.150. The molecule has 5 rings (SSSR count). The molecule has 0 fully saturated rings. The molecule has 0 spiro atoms. The van der Waals surface area contributed by atoms with Crippen LogP contribution in [-0.2, 0) is 29.0 Å². The summed E-state index contributed by atoms with van der Waals surface area (Å²) in [5.41, 5.74) is 9.98. The lowest BCUT2D eigenvalue weighted by atomic mass is 9.91. The van der Waals surface area contributed by atoms with Crippen molar-refractivity contribution in [2.75, 3.05) is 0 Å². The molecule has 7 heteroatoms. The molecule has 2 unspecified atom stereocenters. The van der Waals surface area contributed by atoms with Gasteiger partial charge in [0.15, 0.2) is 0 Å². The van der Waals surface area contributed by atoms with Crippen LogP contribution in [0.2, 0.25) is 0 Å². The van der Waals surface area contributed by atoms with Crippen molar-refractivity contribution in [3.05, 3.63) is 113 Å². The van der Waals surface area contributed by atoms with Crippen molar-refractivity contribution in [2.24, 2.45) is 5.73 Å². The number of hydrogen-bond donors (Lipinski definition) is 2. The van der Waals surface area contributed by atoms with E-state index in [2.05, 4.69) is 22.4 Å². The molecule has 2 heterocycles. The van der Waals surface area contributed by atoms with Gasteiger partial charge in [0.2, 0.25) is 5.89 Å². The second-order valence-corrected chi connectivity index (χ2v) is 9.72. The van der Waals surface area contributed by atoms with E-state index in [4.69, 9.17) is 14.9 Å². The van der Waals surface area contributed by atoms with Crippen LogP contribution in [0.25, 0.3) is 11.5 Å². The first-order chi connectivity index (χ1) is 17.9. The van der Waals surface area contributed by atoms with Gasteiger partial charge in [-0.2, -0.15) is 0 Å². The summed E-state index contributed by atoms with van der Waals surface area (Å²) < 4.78 is 11.1. The Labute approximate surface area is 215 Å². The van der Waals surface area contributed by atoms with Crippen LogP contribution in [0.3, 0.4) is 0 Å². The largest absolute Gasteiger partial charge is 0.459 e. The molecule has 2 atom stereocenters. The molecule has 0 radical (unpaired) electrons. The Balaban J connectivity index is 1.55. The number of aromatic nitrogens is 1. The van der Waals surface area contributed by atoms with Gasteiger partial charge in [-0.25, -0.2) is 4.98 Å². The van der Waals surface area contributed by atoms with Crippen LogP contribution >= 0.6 is 0 Å². The van der Waals surface area contributed by atoms with Crippen LogP contribution in [0.1, 0.15) is 52.0 Å². The highest BCUT2D eigenvalue weighted by Crippen LogP contribution is 2.25. The Bertz CT molecular complexity index is 1400. The minimum Gasteiger partial charge on any atom is -0.459 e. The number of carbonyl (C=O) groups is 2. The maximum Gasteiger partial charge on any atom is 0.326 e. The summed E-state index contributed by atoms with van der Waals surface area (Å²) in [5, 5.41) is 3.21. The van der Waals surface area contributed by atoms with E-state index in [1.165, 1.54) is 6.26 Å². The molecule has 3 N–H and O–H groups in total. The number of benzene rings is 3. The van der Waals surface area contributed by atoms with Crippen molar-refractivity contribution in [3.8, 4) is 11.5 Å². The zero-order valence-corrected chi connectivity index (χ0v) is 20.6. The predicted octanol–water partition coefficient (Wildman–Crippen LogP) is 4.76. The fraction of sp³-hybridized carbons (Fsp3) is 0.233. The molecule has 4 aromatic rings. The maximum atomic E-state index is 13.5. The number of nitrogens with zero attached hydrogens (tertiary/aromatic N) is 1. The van der Waals surface area contributed by atoms with Gasteiger partial charge in [-0.15, -0.1) is 0 Å². The minimum absolute atomic E-state index is 0.0391. The fourth-order valence-corrected chi connectivity index (χ4v) is 4.66. The van der Waals surface area contributed by atoms with Crippen molar-refractivity contribution in [3.63, 3.8) is 0 Å². The molecule has 0 saturated heterocycles. The van der Waals surface area contributed by atoms with E-state index in [0.29, 0.717) is 35.4 Å². The summed E-state index contributed by atoms with van der Waals surface area (Å²) in [7, 11) is 0. The molecule has 3 aromatic carbocycles. The first kappa shape index (κ1) is 24.5. The number of oxazole rings is 1. The van der Waals surface area contributed by atoms with Crippen LogP contribution in [-0.4, -0.2) is 22.4 Å². The fourth-order valence-electron chi connectivity index (χ4n) is 4.66. The molecule has 0 aliphatic carbocycles. The molecule has 7 nitrogen and oxygen atoms in total. The van der Waals surface area contributed by atoms with E-state index in [9.17, 15) is 9.59 Å². The maximum absolute atomic E-state index is 13.5. The van der Waals surface area contributed by atoms with E-state index >= 15 is 0 Å². The monoisotopic (exact) mass is 495 g/mol. The molecule has 1 aliphatic heterocycles.